The topological polar surface area (TPSA) is 79.0 Å². The molecule has 0 saturated heterocycles. The Balaban J connectivity index is 3.00. The van der Waals surface area contributed by atoms with Crippen LogP contribution in [0, 0.1) is 24.2 Å². The molecular weight excluding hydrogens is 240 g/mol. The minimum Gasteiger partial charge on any atom is -0.337 e. The van der Waals surface area contributed by atoms with Crippen molar-refractivity contribution in [1.82, 2.24) is 13.9 Å². The van der Waals surface area contributed by atoms with Gasteiger partial charge in [0.05, 0.1) is 12.0 Å². The zero-order chi connectivity index (χ0) is 13.2. The molecule has 1 unspecified atom stereocenters. The Kier molecular flexibility index (Phi) is 3.91. The van der Waals surface area contributed by atoms with Gasteiger partial charge in [-0.1, -0.05) is 0 Å². The van der Waals surface area contributed by atoms with Gasteiger partial charge in [0.25, 0.3) is 10.0 Å². The Hall–Kier alpha value is -1.39. The average Bonchev–Trinajstić information content (AvgIpc) is 2.59. The van der Waals surface area contributed by atoms with E-state index >= 15 is 0 Å². The molecule has 0 aliphatic rings. The zero-order valence-electron chi connectivity index (χ0n) is 10.4. The van der Waals surface area contributed by atoms with Crippen molar-refractivity contribution < 1.29 is 8.42 Å². The molecule has 1 heterocycles. The Labute approximate surface area is 102 Å². The fourth-order valence-corrected chi connectivity index (χ4v) is 2.61. The maximum Gasteiger partial charge on any atom is 0.261 e. The Bertz CT molecular complexity index is 522. The first kappa shape index (κ1) is 13.7. The molecule has 0 aliphatic heterocycles. The van der Waals surface area contributed by atoms with Gasteiger partial charge < -0.3 is 4.57 Å². The normalized spacial score (nSPS) is 13.6. The van der Waals surface area contributed by atoms with Crippen molar-refractivity contribution in [2.75, 3.05) is 13.6 Å². The molecule has 1 aromatic rings. The second-order valence-electron chi connectivity index (χ2n) is 4.05. The highest BCUT2D eigenvalue weighted by molar-refractivity contribution is 7.89. The summed E-state index contributed by atoms with van der Waals surface area (Å²) in [6.07, 6.45) is 1.47. The summed E-state index contributed by atoms with van der Waals surface area (Å²) in [4.78, 5) is 3.99. The van der Waals surface area contributed by atoms with E-state index in [1.165, 1.54) is 13.2 Å². The number of aryl methyl sites for hydroxylation is 2. The average molecular weight is 256 g/mol. The first-order valence-electron chi connectivity index (χ1n) is 5.15. The van der Waals surface area contributed by atoms with E-state index in [-0.39, 0.29) is 17.5 Å². The summed E-state index contributed by atoms with van der Waals surface area (Å²) in [6, 6.07) is 2.00. The third-order valence-corrected chi connectivity index (χ3v) is 4.21. The molecule has 94 valence electrons. The van der Waals surface area contributed by atoms with E-state index in [1.807, 2.05) is 6.07 Å². The van der Waals surface area contributed by atoms with E-state index in [2.05, 4.69) is 4.98 Å². The molecule has 0 bridgehead atoms. The molecule has 0 spiro atoms. The Morgan fingerprint density at radius 3 is 2.65 bits per heavy atom. The number of nitrogens with zero attached hydrogens (tertiary/aromatic N) is 4. The third-order valence-electron chi connectivity index (χ3n) is 2.51. The monoisotopic (exact) mass is 256 g/mol. The lowest BCUT2D eigenvalue weighted by Crippen LogP contribution is -2.31. The van der Waals surface area contributed by atoms with Gasteiger partial charge in [0.1, 0.15) is 5.82 Å². The molecule has 0 radical (unpaired) electrons. The maximum absolute atomic E-state index is 12.1. The van der Waals surface area contributed by atoms with Crippen molar-refractivity contribution in [3.05, 3.63) is 12.0 Å². The summed E-state index contributed by atoms with van der Waals surface area (Å²) >= 11 is 0. The highest BCUT2D eigenvalue weighted by Crippen LogP contribution is 2.14. The highest BCUT2D eigenvalue weighted by Gasteiger charge is 2.25. The van der Waals surface area contributed by atoms with Crippen molar-refractivity contribution in [3.8, 4) is 6.07 Å². The molecule has 0 saturated carbocycles. The quantitative estimate of drug-likeness (QED) is 0.786. The fraction of sp³-hybridized carbons (Fsp3) is 0.600. The van der Waals surface area contributed by atoms with Gasteiger partial charge in [-0.25, -0.2) is 13.4 Å². The smallest absolute Gasteiger partial charge is 0.261 e. The number of rotatable bonds is 4. The lowest BCUT2D eigenvalue weighted by molar-refractivity contribution is 0.437. The summed E-state index contributed by atoms with van der Waals surface area (Å²) in [6.45, 7) is 3.57. The molecule has 1 aromatic heterocycles. The second kappa shape index (κ2) is 4.85. The number of aromatic nitrogens is 2. The van der Waals surface area contributed by atoms with Gasteiger partial charge in [0, 0.05) is 26.8 Å². The van der Waals surface area contributed by atoms with E-state index in [4.69, 9.17) is 5.26 Å². The molecule has 0 aliphatic carbocycles. The SMILES string of the molecule is Cc1nc(S(=O)(=O)N(C)CC(C)C#N)cn1C. The van der Waals surface area contributed by atoms with Crippen LogP contribution in [-0.2, 0) is 17.1 Å². The zero-order valence-corrected chi connectivity index (χ0v) is 11.2. The van der Waals surface area contributed by atoms with E-state index in [0.717, 1.165) is 4.31 Å². The summed E-state index contributed by atoms with van der Waals surface area (Å²) in [5, 5.41) is 8.70. The standard InChI is InChI=1S/C10H16N4O2S/c1-8(5-11)6-14(4)17(15,16)10-7-13(3)9(2)12-10/h7-8H,6H2,1-4H3. The van der Waals surface area contributed by atoms with Gasteiger partial charge in [-0.05, 0) is 13.8 Å². The molecule has 17 heavy (non-hydrogen) atoms. The molecule has 0 N–H and O–H groups in total. The maximum atomic E-state index is 12.1. The molecular formula is C10H16N4O2S. The minimum atomic E-state index is -3.60. The van der Waals surface area contributed by atoms with Crippen LogP contribution < -0.4 is 0 Å². The second-order valence-corrected chi connectivity index (χ2v) is 6.04. The van der Waals surface area contributed by atoms with Crippen molar-refractivity contribution in [3.63, 3.8) is 0 Å². The van der Waals surface area contributed by atoms with Gasteiger partial charge >= 0.3 is 0 Å². The van der Waals surface area contributed by atoms with E-state index in [9.17, 15) is 8.42 Å². The summed E-state index contributed by atoms with van der Waals surface area (Å²) in [7, 11) is -0.409. The van der Waals surface area contributed by atoms with Crippen molar-refractivity contribution in [1.29, 1.82) is 5.26 Å². The predicted molar refractivity (Wildman–Crippen MR) is 62.5 cm³/mol. The fourth-order valence-electron chi connectivity index (χ4n) is 1.33. The highest BCUT2D eigenvalue weighted by atomic mass is 32.2. The lowest BCUT2D eigenvalue weighted by atomic mass is 10.2. The van der Waals surface area contributed by atoms with Crippen LogP contribution in [0.1, 0.15) is 12.7 Å². The number of nitriles is 1. The van der Waals surface area contributed by atoms with Crippen LogP contribution in [0.3, 0.4) is 0 Å². The number of imidazole rings is 1. The van der Waals surface area contributed by atoms with Crippen LogP contribution in [0.5, 0.6) is 0 Å². The molecule has 0 amide bonds. The van der Waals surface area contributed by atoms with Crippen molar-refractivity contribution in [2.45, 2.75) is 18.9 Å². The number of hydrogen-bond acceptors (Lipinski definition) is 4. The Morgan fingerprint density at radius 2 is 2.24 bits per heavy atom. The lowest BCUT2D eigenvalue weighted by Gasteiger charge is -2.16. The van der Waals surface area contributed by atoms with Crippen LogP contribution in [0.15, 0.2) is 11.2 Å². The van der Waals surface area contributed by atoms with Gasteiger partial charge in [-0.2, -0.15) is 9.57 Å². The molecule has 1 rings (SSSR count). The summed E-state index contributed by atoms with van der Waals surface area (Å²) < 4.78 is 27.0. The van der Waals surface area contributed by atoms with Crippen LogP contribution in [-0.4, -0.2) is 35.9 Å². The largest absolute Gasteiger partial charge is 0.337 e. The van der Waals surface area contributed by atoms with E-state index in [0.29, 0.717) is 5.82 Å². The summed E-state index contributed by atoms with van der Waals surface area (Å²) in [5.74, 6) is 0.282. The summed E-state index contributed by atoms with van der Waals surface area (Å²) in [5.41, 5.74) is 0. The minimum absolute atomic E-state index is 0.0186. The number of hydrogen-bond donors (Lipinski definition) is 0. The Morgan fingerprint density at radius 1 is 1.65 bits per heavy atom. The van der Waals surface area contributed by atoms with Gasteiger partial charge in [-0.15, -0.1) is 0 Å². The van der Waals surface area contributed by atoms with Crippen molar-refractivity contribution in [2.24, 2.45) is 13.0 Å². The van der Waals surface area contributed by atoms with Gasteiger partial charge in [0.15, 0.2) is 5.03 Å². The van der Waals surface area contributed by atoms with Crippen LogP contribution >= 0.6 is 0 Å². The predicted octanol–water partition coefficient (Wildman–Crippen LogP) is 0.509. The van der Waals surface area contributed by atoms with Crippen molar-refractivity contribution >= 4 is 10.0 Å². The molecule has 6 nitrogen and oxygen atoms in total. The molecule has 1 atom stereocenters. The first-order valence-corrected chi connectivity index (χ1v) is 6.59. The first-order chi connectivity index (χ1) is 7.78. The van der Waals surface area contributed by atoms with Crippen LogP contribution in [0.4, 0.5) is 0 Å². The molecule has 0 aromatic carbocycles. The van der Waals surface area contributed by atoms with Crippen LogP contribution in [0.2, 0.25) is 0 Å². The van der Waals surface area contributed by atoms with Gasteiger partial charge in [-0.3, -0.25) is 0 Å². The molecule has 0 fully saturated rings. The number of sulfonamides is 1. The third kappa shape index (κ3) is 2.84. The van der Waals surface area contributed by atoms with Crippen LogP contribution in [0.25, 0.3) is 0 Å². The van der Waals surface area contributed by atoms with E-state index < -0.39 is 10.0 Å². The van der Waals surface area contributed by atoms with Gasteiger partial charge in [0.2, 0.25) is 0 Å². The molecule has 7 heteroatoms. The van der Waals surface area contributed by atoms with E-state index in [1.54, 1.807) is 25.5 Å².